The molecule has 0 aromatic heterocycles. The summed E-state index contributed by atoms with van der Waals surface area (Å²) >= 11 is 0. The van der Waals surface area contributed by atoms with Gasteiger partial charge in [0.2, 0.25) is 0 Å². The Morgan fingerprint density at radius 3 is 1.50 bits per heavy atom. The van der Waals surface area contributed by atoms with Crippen LogP contribution in [0.3, 0.4) is 0 Å². The van der Waals surface area contributed by atoms with E-state index in [0.717, 1.165) is 0 Å². The molecule has 0 saturated carbocycles. The molecule has 0 aliphatic heterocycles. The SMILES string of the molecule is CC(C)C(=O)O.O=[P+](O)O. The third kappa shape index (κ3) is 25.9. The van der Waals surface area contributed by atoms with Gasteiger partial charge in [0.05, 0.1) is 5.92 Å². The first-order valence-corrected chi connectivity index (χ1v) is 3.62. The molecule has 0 fully saturated rings. The van der Waals surface area contributed by atoms with Crippen LogP contribution in [0.2, 0.25) is 0 Å². The van der Waals surface area contributed by atoms with Gasteiger partial charge in [-0.2, -0.15) is 0 Å². The molecule has 0 atom stereocenters. The highest BCUT2D eigenvalue weighted by molar-refractivity contribution is 7.30. The van der Waals surface area contributed by atoms with Crippen molar-refractivity contribution in [1.82, 2.24) is 0 Å². The molecule has 6 heteroatoms. The zero-order valence-electron chi connectivity index (χ0n) is 5.68. The third-order valence-electron chi connectivity index (χ3n) is 0.494. The van der Waals surface area contributed by atoms with E-state index in [4.69, 9.17) is 19.5 Å². The number of carbonyl (C=O) groups is 1. The number of hydrogen-bond donors (Lipinski definition) is 3. The number of aliphatic carboxylic acids is 1. The molecule has 0 amide bonds. The van der Waals surface area contributed by atoms with E-state index in [1.807, 2.05) is 0 Å². The van der Waals surface area contributed by atoms with Crippen molar-refractivity contribution in [2.45, 2.75) is 13.8 Å². The molecule has 0 bridgehead atoms. The fourth-order valence-electron chi connectivity index (χ4n) is 0. The second-order valence-corrected chi connectivity index (χ2v) is 2.25. The van der Waals surface area contributed by atoms with Crippen LogP contribution in [0.15, 0.2) is 0 Å². The molecule has 0 aliphatic carbocycles. The first-order valence-electron chi connectivity index (χ1n) is 2.45. The minimum atomic E-state index is -2.87. The molecule has 60 valence electrons. The monoisotopic (exact) mass is 169 g/mol. The fraction of sp³-hybridized carbons (Fsp3) is 0.750. The van der Waals surface area contributed by atoms with E-state index in [9.17, 15) is 4.79 Å². The molecule has 0 unspecified atom stereocenters. The average molecular weight is 169 g/mol. The van der Waals surface area contributed by atoms with E-state index in [1.165, 1.54) is 0 Å². The minimum Gasteiger partial charge on any atom is -0.481 e. The van der Waals surface area contributed by atoms with E-state index in [0.29, 0.717) is 0 Å². The van der Waals surface area contributed by atoms with E-state index >= 15 is 0 Å². The number of carboxylic acid groups (broad SMARTS) is 1. The van der Waals surface area contributed by atoms with Crippen LogP contribution < -0.4 is 0 Å². The summed E-state index contributed by atoms with van der Waals surface area (Å²) < 4.78 is 8.70. The van der Waals surface area contributed by atoms with Crippen molar-refractivity contribution in [3.8, 4) is 0 Å². The van der Waals surface area contributed by atoms with Gasteiger partial charge in [-0.25, -0.2) is 0 Å². The average Bonchev–Trinajstić information content (AvgIpc) is 1.63. The molecule has 10 heavy (non-hydrogen) atoms. The van der Waals surface area contributed by atoms with E-state index in [2.05, 4.69) is 0 Å². The highest BCUT2D eigenvalue weighted by Gasteiger charge is 1.99. The summed E-state index contributed by atoms with van der Waals surface area (Å²) in [5.74, 6) is -0.972. The lowest BCUT2D eigenvalue weighted by atomic mass is 10.2. The van der Waals surface area contributed by atoms with Gasteiger partial charge in [0.25, 0.3) is 0 Å². The zero-order valence-corrected chi connectivity index (χ0v) is 6.58. The van der Waals surface area contributed by atoms with Crippen molar-refractivity contribution < 1.29 is 24.3 Å². The predicted octanol–water partition coefficient (Wildman–Crippen LogP) is 0.355. The van der Waals surface area contributed by atoms with Crippen molar-refractivity contribution in [2.75, 3.05) is 0 Å². The van der Waals surface area contributed by atoms with Gasteiger partial charge in [0, 0.05) is 4.57 Å². The van der Waals surface area contributed by atoms with Crippen LogP contribution in [0.1, 0.15) is 13.8 Å². The molecule has 0 rings (SSSR count). The number of rotatable bonds is 1. The first kappa shape index (κ1) is 12.2. The Morgan fingerprint density at radius 1 is 1.40 bits per heavy atom. The molecular formula is C4H10O5P+. The lowest BCUT2D eigenvalue weighted by Crippen LogP contribution is -2.03. The lowest BCUT2D eigenvalue weighted by molar-refractivity contribution is -0.140. The quantitative estimate of drug-likeness (QED) is 0.492. The number of hydrogen-bond acceptors (Lipinski definition) is 2. The van der Waals surface area contributed by atoms with Gasteiger partial charge < -0.3 is 5.11 Å². The maximum absolute atomic E-state index is 9.70. The summed E-state index contributed by atoms with van der Waals surface area (Å²) in [6.07, 6.45) is 0. The summed E-state index contributed by atoms with van der Waals surface area (Å²) in [5.41, 5.74) is 0. The van der Waals surface area contributed by atoms with Gasteiger partial charge >= 0.3 is 14.2 Å². The second-order valence-electron chi connectivity index (χ2n) is 1.75. The molecular weight excluding hydrogens is 159 g/mol. The molecule has 0 aliphatic rings. The Hall–Kier alpha value is -0.510. The standard InChI is InChI=1S/C4H8O2.HO3P/c1-3(2)4(5)6;1-4(2)3/h3H,1-2H3,(H,5,6);(H-,1,2,3)/p+1. The Morgan fingerprint density at radius 2 is 1.50 bits per heavy atom. The number of carboxylic acids is 1. The van der Waals surface area contributed by atoms with Crippen LogP contribution in [0.25, 0.3) is 0 Å². The molecule has 0 saturated heterocycles. The van der Waals surface area contributed by atoms with Crippen molar-refractivity contribution in [3.05, 3.63) is 0 Å². The first-order chi connectivity index (χ1) is 4.37. The highest BCUT2D eigenvalue weighted by Crippen LogP contribution is 1.98. The largest absolute Gasteiger partial charge is 0.692 e. The van der Waals surface area contributed by atoms with E-state index < -0.39 is 14.2 Å². The van der Waals surface area contributed by atoms with Crippen molar-refractivity contribution >= 4 is 14.2 Å². The lowest BCUT2D eigenvalue weighted by Gasteiger charge is -1.89. The van der Waals surface area contributed by atoms with Crippen LogP contribution in [-0.4, -0.2) is 20.9 Å². The molecule has 0 aromatic rings. The summed E-state index contributed by atoms with van der Waals surface area (Å²) in [4.78, 5) is 23.9. The Labute approximate surface area is 59.3 Å². The summed E-state index contributed by atoms with van der Waals surface area (Å²) in [7, 11) is -2.87. The highest BCUT2D eigenvalue weighted by atomic mass is 31.1. The molecule has 3 N–H and O–H groups in total. The van der Waals surface area contributed by atoms with Crippen LogP contribution >= 0.6 is 8.25 Å². The molecule has 0 aromatic carbocycles. The maximum Gasteiger partial charge on any atom is 0.692 e. The van der Waals surface area contributed by atoms with Gasteiger partial charge in [-0.1, -0.05) is 13.8 Å². The topological polar surface area (TPSA) is 94.8 Å². The van der Waals surface area contributed by atoms with Crippen molar-refractivity contribution in [1.29, 1.82) is 0 Å². The third-order valence-corrected chi connectivity index (χ3v) is 0.494. The van der Waals surface area contributed by atoms with Crippen LogP contribution in [-0.2, 0) is 9.36 Å². The Balaban J connectivity index is 0. The molecule has 0 radical (unpaired) electrons. The van der Waals surface area contributed by atoms with Gasteiger partial charge in [0.1, 0.15) is 0 Å². The Bertz CT molecular complexity index is 117. The van der Waals surface area contributed by atoms with Crippen molar-refractivity contribution in [2.24, 2.45) is 5.92 Å². The molecule has 0 spiro atoms. The van der Waals surface area contributed by atoms with Gasteiger partial charge in [-0.15, -0.1) is 9.79 Å². The van der Waals surface area contributed by atoms with Crippen LogP contribution in [0, 0.1) is 5.92 Å². The zero-order chi connectivity index (χ0) is 8.73. The second kappa shape index (κ2) is 6.61. The fourth-order valence-corrected chi connectivity index (χ4v) is 0. The summed E-state index contributed by atoms with van der Waals surface area (Å²) in [6.45, 7) is 3.28. The summed E-state index contributed by atoms with van der Waals surface area (Å²) in [5, 5.41) is 7.99. The molecule has 5 nitrogen and oxygen atoms in total. The minimum absolute atomic E-state index is 0.231. The van der Waals surface area contributed by atoms with Gasteiger partial charge in [-0.05, 0) is 0 Å². The summed E-state index contributed by atoms with van der Waals surface area (Å²) in [6, 6.07) is 0. The molecule has 0 heterocycles. The van der Waals surface area contributed by atoms with Gasteiger partial charge in [0.15, 0.2) is 0 Å². The van der Waals surface area contributed by atoms with Crippen molar-refractivity contribution in [3.63, 3.8) is 0 Å². The van der Waals surface area contributed by atoms with Crippen LogP contribution in [0.5, 0.6) is 0 Å². The maximum atomic E-state index is 9.70. The normalized spacial score (nSPS) is 8.10. The van der Waals surface area contributed by atoms with E-state index in [-0.39, 0.29) is 5.92 Å². The van der Waals surface area contributed by atoms with Crippen LogP contribution in [0.4, 0.5) is 0 Å². The predicted molar refractivity (Wildman–Crippen MR) is 34.5 cm³/mol. The van der Waals surface area contributed by atoms with Gasteiger partial charge in [-0.3, -0.25) is 4.79 Å². The Kier molecular flexibility index (Phi) is 8.06. The van der Waals surface area contributed by atoms with E-state index in [1.54, 1.807) is 13.8 Å². The smallest absolute Gasteiger partial charge is 0.481 e.